The first-order valence-corrected chi connectivity index (χ1v) is 12.0. The maximum atomic E-state index is 13.2. The highest BCUT2D eigenvalue weighted by Crippen LogP contribution is 2.26. The van der Waals surface area contributed by atoms with E-state index in [0.717, 1.165) is 38.2 Å². The number of carbonyl (C=O) groups is 2. The molecule has 1 aromatic heterocycles. The predicted molar refractivity (Wildman–Crippen MR) is 123 cm³/mol. The first-order valence-electron chi connectivity index (χ1n) is 11.1. The van der Waals surface area contributed by atoms with Crippen LogP contribution < -0.4 is 0 Å². The molecule has 2 fully saturated rings. The van der Waals surface area contributed by atoms with E-state index < -0.39 is 0 Å². The first kappa shape index (κ1) is 22.0. The van der Waals surface area contributed by atoms with Crippen molar-refractivity contribution in [2.45, 2.75) is 51.6 Å². The molecule has 0 saturated carbocycles. The second-order valence-corrected chi connectivity index (χ2v) is 10.4. The van der Waals surface area contributed by atoms with Crippen molar-refractivity contribution in [1.29, 1.82) is 0 Å². The fraction of sp³-hybridized carbons (Fsp3) is 0.542. The second kappa shape index (κ2) is 9.09. The second-order valence-electron chi connectivity index (χ2n) is 9.52. The van der Waals surface area contributed by atoms with Crippen molar-refractivity contribution in [3.05, 3.63) is 52.0 Å². The molecule has 0 N–H and O–H groups in total. The standard InChI is InChI=1S/C24H32N4O2S/c1-24(2,3)23-25-19(17-31-23)16-26-12-14-27(15-13-26)22(30)20-10-7-11-28(20)21(29)18-8-5-4-6-9-18/h4-6,8-9,17,20H,7,10-16H2,1-3H3. The van der Waals surface area contributed by atoms with Gasteiger partial charge in [-0.1, -0.05) is 39.0 Å². The fourth-order valence-corrected chi connectivity index (χ4v) is 5.20. The molecule has 2 aliphatic rings. The molecule has 1 aromatic carbocycles. The fourth-order valence-electron chi connectivity index (χ4n) is 4.30. The molecular weight excluding hydrogens is 408 g/mol. The van der Waals surface area contributed by atoms with E-state index in [1.807, 2.05) is 35.2 Å². The molecule has 7 heteroatoms. The Labute approximate surface area is 188 Å². The Morgan fingerprint density at radius 3 is 2.42 bits per heavy atom. The summed E-state index contributed by atoms with van der Waals surface area (Å²) >= 11 is 1.73. The number of hydrogen-bond acceptors (Lipinski definition) is 5. The normalized spacial score (nSPS) is 20.3. The van der Waals surface area contributed by atoms with Crippen LogP contribution in [0.3, 0.4) is 0 Å². The average Bonchev–Trinajstić information content (AvgIpc) is 3.43. The Hall–Kier alpha value is -2.25. The number of rotatable bonds is 4. The number of thiazole rings is 1. The van der Waals surface area contributed by atoms with Gasteiger partial charge < -0.3 is 9.80 Å². The molecule has 1 atom stereocenters. The van der Waals surface area contributed by atoms with Crippen LogP contribution in [0.15, 0.2) is 35.7 Å². The molecule has 2 aliphatic heterocycles. The summed E-state index contributed by atoms with van der Waals surface area (Å²) in [6.45, 7) is 11.2. The lowest BCUT2D eigenvalue weighted by atomic mass is 9.98. The molecule has 1 unspecified atom stereocenters. The van der Waals surface area contributed by atoms with Crippen molar-refractivity contribution in [3.8, 4) is 0 Å². The minimum Gasteiger partial charge on any atom is -0.338 e. The molecule has 2 amide bonds. The van der Waals surface area contributed by atoms with Crippen LogP contribution in [0.1, 0.15) is 54.7 Å². The van der Waals surface area contributed by atoms with Crippen LogP contribution in [0.2, 0.25) is 0 Å². The quantitative estimate of drug-likeness (QED) is 0.731. The number of nitrogens with zero attached hydrogens (tertiary/aromatic N) is 4. The van der Waals surface area contributed by atoms with Crippen LogP contribution in [0.25, 0.3) is 0 Å². The summed E-state index contributed by atoms with van der Waals surface area (Å²) < 4.78 is 0. The Bertz CT molecular complexity index is 913. The third-order valence-electron chi connectivity index (χ3n) is 6.08. The van der Waals surface area contributed by atoms with Gasteiger partial charge >= 0.3 is 0 Å². The maximum absolute atomic E-state index is 13.2. The van der Waals surface area contributed by atoms with Gasteiger partial charge in [0.05, 0.1) is 10.7 Å². The minimum absolute atomic E-state index is 0.0340. The van der Waals surface area contributed by atoms with E-state index in [9.17, 15) is 9.59 Å². The third kappa shape index (κ3) is 4.99. The van der Waals surface area contributed by atoms with E-state index in [1.165, 1.54) is 5.01 Å². The summed E-state index contributed by atoms with van der Waals surface area (Å²) in [6, 6.07) is 8.96. The Morgan fingerprint density at radius 1 is 1.06 bits per heavy atom. The number of benzene rings is 1. The SMILES string of the molecule is CC(C)(C)c1nc(CN2CCN(C(=O)C3CCCN3C(=O)c3ccccc3)CC2)cs1. The van der Waals surface area contributed by atoms with Gasteiger partial charge in [-0.2, -0.15) is 0 Å². The predicted octanol–water partition coefficient (Wildman–Crippen LogP) is 3.39. The molecular formula is C24H32N4O2S. The van der Waals surface area contributed by atoms with Crippen molar-refractivity contribution in [2.24, 2.45) is 0 Å². The van der Waals surface area contributed by atoms with Gasteiger partial charge in [-0.3, -0.25) is 14.5 Å². The molecule has 0 aliphatic carbocycles. The van der Waals surface area contributed by atoms with Gasteiger partial charge in [0.2, 0.25) is 5.91 Å². The number of hydrogen-bond donors (Lipinski definition) is 0. The summed E-state index contributed by atoms with van der Waals surface area (Å²) in [5.74, 6) is 0.0679. The third-order valence-corrected chi connectivity index (χ3v) is 7.40. The topological polar surface area (TPSA) is 56.8 Å². The molecule has 6 nitrogen and oxygen atoms in total. The highest BCUT2D eigenvalue weighted by atomic mass is 32.1. The Kier molecular flexibility index (Phi) is 6.44. The average molecular weight is 441 g/mol. The van der Waals surface area contributed by atoms with Crippen LogP contribution in [0.5, 0.6) is 0 Å². The van der Waals surface area contributed by atoms with Gasteiger partial charge in [0.1, 0.15) is 6.04 Å². The number of amides is 2. The lowest BCUT2D eigenvalue weighted by Crippen LogP contribution is -2.54. The van der Waals surface area contributed by atoms with Gasteiger partial charge in [-0.05, 0) is 25.0 Å². The molecule has 4 rings (SSSR count). The molecule has 0 radical (unpaired) electrons. The molecule has 0 spiro atoms. The highest BCUT2D eigenvalue weighted by Gasteiger charge is 2.37. The summed E-state index contributed by atoms with van der Waals surface area (Å²) in [5, 5.41) is 3.32. The smallest absolute Gasteiger partial charge is 0.254 e. The van der Waals surface area contributed by atoms with E-state index in [-0.39, 0.29) is 23.3 Å². The number of carbonyl (C=O) groups excluding carboxylic acids is 2. The number of aromatic nitrogens is 1. The summed E-state index contributed by atoms with van der Waals surface area (Å²) in [4.78, 5) is 37.0. The monoisotopic (exact) mass is 440 g/mol. The minimum atomic E-state index is -0.327. The van der Waals surface area contributed by atoms with Gasteiger partial charge in [0.25, 0.3) is 5.91 Å². The molecule has 31 heavy (non-hydrogen) atoms. The van der Waals surface area contributed by atoms with Gasteiger partial charge in [-0.25, -0.2) is 4.98 Å². The van der Waals surface area contributed by atoms with Crippen LogP contribution in [0.4, 0.5) is 0 Å². The van der Waals surface area contributed by atoms with Crippen molar-refractivity contribution >= 4 is 23.2 Å². The van der Waals surface area contributed by atoms with E-state index in [1.54, 1.807) is 16.2 Å². The van der Waals surface area contributed by atoms with E-state index in [4.69, 9.17) is 4.98 Å². The van der Waals surface area contributed by atoms with Gasteiger partial charge in [0, 0.05) is 55.6 Å². The number of piperazine rings is 1. The van der Waals surface area contributed by atoms with E-state index in [0.29, 0.717) is 25.2 Å². The first-order chi connectivity index (χ1) is 14.8. The van der Waals surface area contributed by atoms with Crippen molar-refractivity contribution in [3.63, 3.8) is 0 Å². The molecule has 2 aromatic rings. The lowest BCUT2D eigenvalue weighted by Gasteiger charge is -2.37. The lowest BCUT2D eigenvalue weighted by molar-refractivity contribution is -0.137. The Morgan fingerprint density at radius 2 is 1.77 bits per heavy atom. The van der Waals surface area contributed by atoms with Crippen molar-refractivity contribution in [1.82, 2.24) is 19.7 Å². The zero-order valence-corrected chi connectivity index (χ0v) is 19.5. The Balaban J connectivity index is 1.32. The summed E-state index contributed by atoms with van der Waals surface area (Å²) in [5.41, 5.74) is 1.85. The van der Waals surface area contributed by atoms with Crippen molar-refractivity contribution in [2.75, 3.05) is 32.7 Å². The molecule has 2 saturated heterocycles. The largest absolute Gasteiger partial charge is 0.338 e. The van der Waals surface area contributed by atoms with E-state index in [2.05, 4.69) is 31.1 Å². The van der Waals surface area contributed by atoms with Crippen LogP contribution in [0, 0.1) is 0 Å². The molecule has 166 valence electrons. The van der Waals surface area contributed by atoms with E-state index >= 15 is 0 Å². The van der Waals surface area contributed by atoms with Crippen LogP contribution >= 0.6 is 11.3 Å². The molecule has 3 heterocycles. The van der Waals surface area contributed by atoms with Gasteiger partial charge in [-0.15, -0.1) is 11.3 Å². The number of likely N-dealkylation sites (tertiary alicyclic amines) is 1. The van der Waals surface area contributed by atoms with Crippen molar-refractivity contribution < 1.29 is 9.59 Å². The van der Waals surface area contributed by atoms with Crippen LogP contribution in [-0.2, 0) is 16.8 Å². The van der Waals surface area contributed by atoms with Crippen LogP contribution in [-0.4, -0.2) is 70.3 Å². The zero-order valence-electron chi connectivity index (χ0n) is 18.7. The summed E-state index contributed by atoms with van der Waals surface area (Å²) in [7, 11) is 0. The zero-order chi connectivity index (χ0) is 22.0. The summed E-state index contributed by atoms with van der Waals surface area (Å²) in [6.07, 6.45) is 1.64. The molecule has 0 bridgehead atoms. The maximum Gasteiger partial charge on any atom is 0.254 e. The highest BCUT2D eigenvalue weighted by molar-refractivity contribution is 7.09. The van der Waals surface area contributed by atoms with Gasteiger partial charge in [0.15, 0.2) is 0 Å².